The number of benzene rings is 1. The van der Waals surface area contributed by atoms with Crippen molar-refractivity contribution in [3.63, 3.8) is 0 Å². The Morgan fingerprint density at radius 3 is 2.21 bits per heavy atom. The van der Waals surface area contributed by atoms with Crippen LogP contribution in [0, 0.1) is 0 Å². The van der Waals surface area contributed by atoms with Crippen molar-refractivity contribution >= 4 is 41.2 Å². The van der Waals surface area contributed by atoms with Crippen LogP contribution in [0.1, 0.15) is 12.5 Å². The standard InChI is InChI=1S/C17H19N3O7S/c1-2-27-12-5-3-10(4-6-12)7-13-14(21)20(17(26)28-13)11(8-18-15(22)23)9-19-16(24)25/h3-7,11,18-19H,2,8-9H2,1H3,(H,22,23)(H,24,25). The first-order chi connectivity index (χ1) is 13.3. The summed E-state index contributed by atoms with van der Waals surface area (Å²) in [5.41, 5.74) is 0.679. The van der Waals surface area contributed by atoms with Crippen LogP contribution in [-0.2, 0) is 4.79 Å². The van der Waals surface area contributed by atoms with Crippen LogP contribution in [0.5, 0.6) is 5.75 Å². The molecule has 1 aliphatic heterocycles. The van der Waals surface area contributed by atoms with E-state index in [1.807, 2.05) is 6.92 Å². The fourth-order valence-corrected chi connectivity index (χ4v) is 3.34. The highest BCUT2D eigenvalue weighted by Gasteiger charge is 2.40. The van der Waals surface area contributed by atoms with Gasteiger partial charge in [-0.2, -0.15) is 0 Å². The van der Waals surface area contributed by atoms with E-state index in [0.717, 1.165) is 4.90 Å². The summed E-state index contributed by atoms with van der Waals surface area (Å²) >= 11 is 0.705. The maximum atomic E-state index is 12.7. The number of carboxylic acid groups (broad SMARTS) is 2. The van der Waals surface area contributed by atoms with Crippen molar-refractivity contribution in [2.45, 2.75) is 13.0 Å². The van der Waals surface area contributed by atoms with Crippen molar-refractivity contribution in [3.05, 3.63) is 34.7 Å². The van der Waals surface area contributed by atoms with Gasteiger partial charge < -0.3 is 25.6 Å². The highest BCUT2D eigenvalue weighted by Crippen LogP contribution is 2.33. The molecule has 28 heavy (non-hydrogen) atoms. The monoisotopic (exact) mass is 409 g/mol. The number of carbonyl (C=O) groups is 4. The van der Waals surface area contributed by atoms with Crippen LogP contribution in [0.4, 0.5) is 14.4 Å². The minimum absolute atomic E-state index is 0.157. The molecule has 0 unspecified atom stereocenters. The lowest BCUT2D eigenvalue weighted by molar-refractivity contribution is -0.124. The summed E-state index contributed by atoms with van der Waals surface area (Å²) in [6, 6.07) is 5.93. The van der Waals surface area contributed by atoms with Gasteiger partial charge in [-0.25, -0.2) is 9.59 Å². The summed E-state index contributed by atoms with van der Waals surface area (Å²) in [6.07, 6.45) is -1.16. The molecule has 1 aromatic rings. The third-order valence-corrected chi connectivity index (χ3v) is 4.54. The highest BCUT2D eigenvalue weighted by atomic mass is 32.2. The number of ether oxygens (including phenoxy) is 1. The van der Waals surface area contributed by atoms with Gasteiger partial charge in [0.25, 0.3) is 11.1 Å². The molecule has 1 aromatic carbocycles. The molecule has 1 saturated heterocycles. The molecule has 4 amide bonds. The Bertz CT molecular complexity index is 776. The van der Waals surface area contributed by atoms with E-state index in [4.69, 9.17) is 14.9 Å². The highest BCUT2D eigenvalue weighted by molar-refractivity contribution is 8.18. The van der Waals surface area contributed by atoms with Crippen molar-refractivity contribution in [1.29, 1.82) is 0 Å². The molecular weight excluding hydrogens is 390 g/mol. The van der Waals surface area contributed by atoms with Crippen LogP contribution in [0.15, 0.2) is 29.2 Å². The molecule has 0 bridgehead atoms. The average molecular weight is 409 g/mol. The Labute approximate surface area is 164 Å². The molecular formula is C17H19N3O7S. The second kappa shape index (κ2) is 9.65. The third-order valence-electron chi connectivity index (χ3n) is 3.66. The Balaban J connectivity index is 2.18. The van der Waals surface area contributed by atoms with Crippen molar-refractivity contribution in [2.75, 3.05) is 19.7 Å². The van der Waals surface area contributed by atoms with Gasteiger partial charge in [0, 0.05) is 13.1 Å². The predicted molar refractivity (Wildman–Crippen MR) is 101 cm³/mol. The Kier molecular flexibility index (Phi) is 7.27. The van der Waals surface area contributed by atoms with Crippen LogP contribution in [-0.4, -0.2) is 64.2 Å². The largest absolute Gasteiger partial charge is 0.494 e. The zero-order valence-corrected chi connectivity index (χ0v) is 15.7. The summed E-state index contributed by atoms with van der Waals surface area (Å²) in [6.45, 7) is 1.78. The second-order valence-electron chi connectivity index (χ2n) is 5.58. The molecule has 1 aliphatic rings. The number of rotatable bonds is 8. The van der Waals surface area contributed by atoms with Crippen LogP contribution in [0.3, 0.4) is 0 Å². The molecule has 2 rings (SSSR count). The van der Waals surface area contributed by atoms with Crippen LogP contribution in [0.2, 0.25) is 0 Å². The average Bonchev–Trinajstić information content (AvgIpc) is 2.90. The van der Waals surface area contributed by atoms with Crippen molar-refractivity contribution < 1.29 is 34.1 Å². The van der Waals surface area contributed by atoms with E-state index in [0.29, 0.717) is 29.7 Å². The third kappa shape index (κ3) is 5.64. The topological polar surface area (TPSA) is 145 Å². The fraction of sp³-hybridized carbons (Fsp3) is 0.294. The lowest BCUT2D eigenvalue weighted by Crippen LogP contribution is -2.51. The van der Waals surface area contributed by atoms with Crippen LogP contribution in [0.25, 0.3) is 6.08 Å². The first-order valence-corrected chi connectivity index (χ1v) is 9.07. The molecule has 0 aliphatic carbocycles. The minimum Gasteiger partial charge on any atom is -0.494 e. The van der Waals surface area contributed by atoms with Gasteiger partial charge in [0.05, 0.1) is 17.6 Å². The molecule has 0 radical (unpaired) electrons. The lowest BCUT2D eigenvalue weighted by Gasteiger charge is -2.24. The SMILES string of the molecule is CCOc1ccc(C=C2SC(=O)N(C(CNC(=O)O)CNC(=O)O)C2=O)cc1. The first kappa shape index (κ1) is 21.1. The molecule has 1 fully saturated rings. The Hall–Kier alpha value is -3.21. The normalized spacial score (nSPS) is 15.2. The van der Waals surface area contributed by atoms with E-state index >= 15 is 0 Å². The minimum atomic E-state index is -1.35. The van der Waals surface area contributed by atoms with Gasteiger partial charge in [-0.3, -0.25) is 14.5 Å². The Morgan fingerprint density at radius 2 is 1.71 bits per heavy atom. The number of hydrogen-bond acceptors (Lipinski definition) is 6. The molecule has 0 saturated carbocycles. The van der Waals surface area contributed by atoms with Gasteiger partial charge in [0.15, 0.2) is 0 Å². The number of imide groups is 1. The smallest absolute Gasteiger partial charge is 0.404 e. The summed E-state index contributed by atoms with van der Waals surface area (Å²) in [7, 11) is 0. The van der Waals surface area contributed by atoms with Gasteiger partial charge in [-0.05, 0) is 42.5 Å². The molecule has 1 heterocycles. The van der Waals surface area contributed by atoms with E-state index in [1.165, 1.54) is 6.08 Å². The van der Waals surface area contributed by atoms with Gasteiger partial charge in [-0.1, -0.05) is 12.1 Å². The molecule has 0 atom stereocenters. The molecule has 11 heteroatoms. The summed E-state index contributed by atoms with van der Waals surface area (Å²) in [4.78, 5) is 47.5. The van der Waals surface area contributed by atoms with Gasteiger partial charge in [-0.15, -0.1) is 0 Å². The molecule has 4 N–H and O–H groups in total. The van der Waals surface area contributed by atoms with E-state index in [9.17, 15) is 19.2 Å². The summed E-state index contributed by atoms with van der Waals surface area (Å²) in [5.74, 6) is 0.0561. The molecule has 0 spiro atoms. The predicted octanol–water partition coefficient (Wildman–Crippen LogP) is 2.03. The maximum absolute atomic E-state index is 12.7. The fourth-order valence-electron chi connectivity index (χ4n) is 2.44. The van der Waals surface area contributed by atoms with Crippen molar-refractivity contribution in [2.24, 2.45) is 0 Å². The summed E-state index contributed by atoms with van der Waals surface area (Å²) < 4.78 is 5.34. The quantitative estimate of drug-likeness (QED) is 0.477. The number of carbonyl (C=O) groups excluding carboxylic acids is 2. The second-order valence-corrected chi connectivity index (χ2v) is 6.57. The van der Waals surface area contributed by atoms with Crippen molar-refractivity contribution in [3.8, 4) is 5.75 Å². The number of nitrogens with zero attached hydrogens (tertiary/aromatic N) is 1. The number of thioether (sulfide) groups is 1. The van der Waals surface area contributed by atoms with Gasteiger partial charge >= 0.3 is 12.2 Å². The number of hydrogen-bond donors (Lipinski definition) is 4. The van der Waals surface area contributed by atoms with Crippen LogP contribution >= 0.6 is 11.8 Å². The molecule has 150 valence electrons. The van der Waals surface area contributed by atoms with Gasteiger partial charge in [0.1, 0.15) is 5.75 Å². The maximum Gasteiger partial charge on any atom is 0.404 e. The van der Waals surface area contributed by atoms with Gasteiger partial charge in [0.2, 0.25) is 0 Å². The van der Waals surface area contributed by atoms with E-state index in [2.05, 4.69) is 10.6 Å². The van der Waals surface area contributed by atoms with E-state index < -0.39 is 29.4 Å². The molecule has 10 nitrogen and oxygen atoms in total. The molecule has 0 aromatic heterocycles. The summed E-state index contributed by atoms with van der Waals surface area (Å²) in [5, 5.41) is 21.0. The van der Waals surface area contributed by atoms with E-state index in [-0.39, 0.29) is 18.0 Å². The van der Waals surface area contributed by atoms with E-state index in [1.54, 1.807) is 24.3 Å². The number of nitrogens with one attached hydrogen (secondary N) is 2. The zero-order valence-electron chi connectivity index (χ0n) is 14.9. The first-order valence-electron chi connectivity index (χ1n) is 8.25. The van der Waals surface area contributed by atoms with Crippen LogP contribution < -0.4 is 15.4 Å². The lowest BCUT2D eigenvalue weighted by atomic mass is 10.2. The van der Waals surface area contributed by atoms with Crippen molar-refractivity contribution in [1.82, 2.24) is 15.5 Å². The number of amides is 4. The Morgan fingerprint density at radius 1 is 1.14 bits per heavy atom. The zero-order chi connectivity index (χ0) is 20.7.